The van der Waals surface area contributed by atoms with Crippen LogP contribution in [0.1, 0.15) is 11.6 Å². The number of alkyl halides is 1. The van der Waals surface area contributed by atoms with Crippen LogP contribution in [0, 0.1) is 10.1 Å². The van der Waals surface area contributed by atoms with Crippen LogP contribution < -0.4 is 5.32 Å². The fourth-order valence-corrected chi connectivity index (χ4v) is 2.31. The van der Waals surface area contributed by atoms with Gasteiger partial charge >= 0.3 is 0 Å². The molecule has 0 unspecified atom stereocenters. The maximum Gasteiger partial charge on any atom is 0.274 e. The van der Waals surface area contributed by atoms with E-state index in [-0.39, 0.29) is 30.5 Å². The van der Waals surface area contributed by atoms with Crippen molar-refractivity contribution in [3.05, 3.63) is 39.9 Å². The third-order valence-corrected chi connectivity index (χ3v) is 3.23. The van der Waals surface area contributed by atoms with E-state index in [9.17, 15) is 14.5 Å². The zero-order chi connectivity index (χ0) is 13.0. The van der Waals surface area contributed by atoms with Gasteiger partial charge in [0, 0.05) is 37.8 Å². The quantitative estimate of drug-likeness (QED) is 0.682. The van der Waals surface area contributed by atoms with Gasteiger partial charge in [-0.05, 0) is 0 Å². The first-order chi connectivity index (χ1) is 8.74. The normalized spacial score (nSPS) is 16.6. The maximum absolute atomic E-state index is 13.3. The van der Waals surface area contributed by atoms with Crippen LogP contribution in [0.4, 0.5) is 10.1 Å². The van der Waals surface area contributed by atoms with Gasteiger partial charge in [0.2, 0.25) is 0 Å². The summed E-state index contributed by atoms with van der Waals surface area (Å²) in [6, 6.07) is 5.88. The summed E-state index contributed by atoms with van der Waals surface area (Å²) in [5, 5.41) is 14.2. The summed E-state index contributed by atoms with van der Waals surface area (Å²) in [6.07, 6.45) is 0. The van der Waals surface area contributed by atoms with E-state index in [2.05, 4.69) is 5.32 Å². The number of nitro groups is 1. The molecule has 20 heavy (non-hydrogen) atoms. The van der Waals surface area contributed by atoms with Crippen LogP contribution >= 0.6 is 24.8 Å². The minimum atomic E-state index is -0.606. The van der Waals surface area contributed by atoms with Crippen LogP contribution in [0.2, 0.25) is 0 Å². The first kappa shape index (κ1) is 19.1. The second-order valence-corrected chi connectivity index (χ2v) is 4.27. The molecular formula is C12H18Cl2FN3O2. The lowest BCUT2D eigenvalue weighted by Gasteiger charge is -2.33. The predicted molar refractivity (Wildman–Crippen MR) is 80.8 cm³/mol. The van der Waals surface area contributed by atoms with Gasteiger partial charge in [-0.15, -0.1) is 24.8 Å². The molecule has 1 aliphatic rings. The third kappa shape index (κ3) is 4.28. The van der Waals surface area contributed by atoms with E-state index in [1.54, 1.807) is 18.2 Å². The largest absolute Gasteiger partial charge is 0.314 e. The Morgan fingerprint density at radius 3 is 2.45 bits per heavy atom. The van der Waals surface area contributed by atoms with Gasteiger partial charge in [0.15, 0.2) is 0 Å². The highest BCUT2D eigenvalue weighted by molar-refractivity contribution is 5.85. The number of piperazine rings is 1. The van der Waals surface area contributed by atoms with Gasteiger partial charge in [-0.25, -0.2) is 4.39 Å². The molecule has 0 amide bonds. The summed E-state index contributed by atoms with van der Waals surface area (Å²) >= 11 is 0. The smallest absolute Gasteiger partial charge is 0.274 e. The first-order valence-electron chi connectivity index (χ1n) is 5.98. The fraction of sp³-hybridized carbons (Fsp3) is 0.500. The molecule has 0 radical (unpaired) electrons. The van der Waals surface area contributed by atoms with Gasteiger partial charge in [-0.1, -0.05) is 18.2 Å². The van der Waals surface area contributed by atoms with Crippen LogP contribution in [0.15, 0.2) is 24.3 Å². The number of hydrogen-bond donors (Lipinski definition) is 1. The number of hydrogen-bond acceptors (Lipinski definition) is 4. The van der Waals surface area contributed by atoms with Gasteiger partial charge in [0.05, 0.1) is 11.0 Å². The molecule has 1 fully saturated rings. The van der Waals surface area contributed by atoms with E-state index in [0.717, 1.165) is 13.1 Å². The molecule has 1 N–H and O–H groups in total. The molecule has 0 aromatic heterocycles. The minimum absolute atomic E-state index is 0. The number of para-hydroxylation sites is 1. The standard InChI is InChI=1S/C12H16FN3O2.2ClH/c13-9-12(15-7-5-14-6-8-15)10-3-1-2-4-11(10)16(17)18;;/h1-4,12,14H,5-9H2;2*1H/t12-;;/m1../s1. The Hall–Kier alpha value is -0.950. The monoisotopic (exact) mass is 325 g/mol. The number of nitrogens with zero attached hydrogens (tertiary/aromatic N) is 2. The molecule has 114 valence electrons. The van der Waals surface area contributed by atoms with Crippen LogP contribution in [-0.4, -0.2) is 42.7 Å². The molecule has 2 rings (SSSR count). The lowest BCUT2D eigenvalue weighted by Crippen LogP contribution is -2.45. The molecule has 0 saturated carbocycles. The Morgan fingerprint density at radius 2 is 1.90 bits per heavy atom. The maximum atomic E-state index is 13.3. The summed E-state index contributed by atoms with van der Waals surface area (Å²) in [5.41, 5.74) is 0.464. The second kappa shape index (κ2) is 9.07. The summed E-state index contributed by atoms with van der Waals surface area (Å²) in [7, 11) is 0. The van der Waals surface area contributed by atoms with Crippen molar-refractivity contribution in [2.75, 3.05) is 32.9 Å². The highest BCUT2D eigenvalue weighted by Gasteiger charge is 2.27. The summed E-state index contributed by atoms with van der Waals surface area (Å²) < 4.78 is 13.3. The molecular weight excluding hydrogens is 308 g/mol. The highest BCUT2D eigenvalue weighted by atomic mass is 35.5. The van der Waals surface area contributed by atoms with Gasteiger partial charge in [-0.2, -0.15) is 0 Å². The van der Waals surface area contributed by atoms with Crippen molar-refractivity contribution in [3.63, 3.8) is 0 Å². The Bertz CT molecular complexity index is 431. The van der Waals surface area contributed by atoms with Crippen molar-refractivity contribution in [3.8, 4) is 0 Å². The molecule has 5 nitrogen and oxygen atoms in total. The second-order valence-electron chi connectivity index (χ2n) is 4.27. The van der Waals surface area contributed by atoms with E-state index in [1.807, 2.05) is 4.90 Å². The van der Waals surface area contributed by atoms with Crippen molar-refractivity contribution >= 4 is 30.5 Å². The van der Waals surface area contributed by atoms with Gasteiger partial charge < -0.3 is 5.32 Å². The number of nitro benzene ring substituents is 1. The van der Waals surface area contributed by atoms with Crippen molar-refractivity contribution in [1.82, 2.24) is 10.2 Å². The summed E-state index contributed by atoms with van der Waals surface area (Å²) in [4.78, 5) is 12.5. The summed E-state index contributed by atoms with van der Waals surface area (Å²) in [6.45, 7) is 2.39. The molecule has 1 aromatic rings. The van der Waals surface area contributed by atoms with Crippen LogP contribution in [0.3, 0.4) is 0 Å². The topological polar surface area (TPSA) is 58.4 Å². The van der Waals surface area contributed by atoms with Crippen LogP contribution in [0.25, 0.3) is 0 Å². The molecule has 0 aliphatic carbocycles. The van der Waals surface area contributed by atoms with Crippen LogP contribution in [0.5, 0.6) is 0 Å². The van der Waals surface area contributed by atoms with E-state index < -0.39 is 17.6 Å². The average Bonchev–Trinajstić information content (AvgIpc) is 2.41. The van der Waals surface area contributed by atoms with E-state index in [4.69, 9.17) is 0 Å². The highest BCUT2D eigenvalue weighted by Crippen LogP contribution is 2.29. The molecule has 1 aromatic carbocycles. The Kier molecular flexibility index (Phi) is 8.64. The lowest BCUT2D eigenvalue weighted by atomic mass is 10.0. The molecule has 0 spiro atoms. The van der Waals surface area contributed by atoms with Crippen molar-refractivity contribution in [1.29, 1.82) is 0 Å². The van der Waals surface area contributed by atoms with E-state index in [0.29, 0.717) is 18.7 Å². The van der Waals surface area contributed by atoms with E-state index in [1.165, 1.54) is 6.07 Å². The SMILES string of the molecule is Cl.Cl.O=[N+]([O-])c1ccccc1[C@@H](CF)N1CCNCC1. The number of nitrogens with one attached hydrogen (secondary N) is 1. The van der Waals surface area contributed by atoms with E-state index >= 15 is 0 Å². The zero-order valence-electron chi connectivity index (χ0n) is 10.8. The van der Waals surface area contributed by atoms with Gasteiger partial charge in [0.25, 0.3) is 5.69 Å². The Morgan fingerprint density at radius 1 is 1.30 bits per heavy atom. The first-order valence-corrected chi connectivity index (χ1v) is 5.98. The molecule has 1 saturated heterocycles. The Labute approximate surface area is 129 Å². The number of halogens is 3. The third-order valence-electron chi connectivity index (χ3n) is 3.23. The van der Waals surface area contributed by atoms with Gasteiger partial charge in [-0.3, -0.25) is 15.0 Å². The van der Waals surface area contributed by atoms with Gasteiger partial charge in [0.1, 0.15) is 6.67 Å². The van der Waals surface area contributed by atoms with Crippen molar-refractivity contribution in [2.45, 2.75) is 6.04 Å². The molecule has 8 heteroatoms. The van der Waals surface area contributed by atoms with Crippen molar-refractivity contribution < 1.29 is 9.31 Å². The average molecular weight is 326 g/mol. The lowest BCUT2D eigenvalue weighted by molar-refractivity contribution is -0.386. The van der Waals surface area contributed by atoms with Crippen LogP contribution in [-0.2, 0) is 0 Å². The molecule has 1 heterocycles. The summed E-state index contributed by atoms with van der Waals surface area (Å²) in [5.74, 6) is 0. The predicted octanol–water partition coefficient (Wildman–Crippen LogP) is 2.35. The minimum Gasteiger partial charge on any atom is -0.314 e. The number of rotatable bonds is 4. The Balaban J connectivity index is 0.00000180. The molecule has 1 aliphatic heterocycles. The number of benzene rings is 1. The zero-order valence-corrected chi connectivity index (χ0v) is 12.5. The molecule has 1 atom stereocenters. The molecule has 0 bridgehead atoms. The van der Waals surface area contributed by atoms with Crippen molar-refractivity contribution in [2.24, 2.45) is 0 Å². The fourth-order valence-electron chi connectivity index (χ4n) is 2.31.